The lowest BCUT2D eigenvalue weighted by atomic mass is 10.0. The van der Waals surface area contributed by atoms with Gasteiger partial charge in [-0.05, 0) is 32.0 Å². The molecule has 0 spiro atoms. The van der Waals surface area contributed by atoms with Crippen molar-refractivity contribution in [1.29, 1.82) is 0 Å². The van der Waals surface area contributed by atoms with E-state index in [0.717, 1.165) is 4.47 Å². The number of hydrogen-bond donors (Lipinski definition) is 0. The van der Waals surface area contributed by atoms with E-state index in [0.29, 0.717) is 16.7 Å². The van der Waals surface area contributed by atoms with Gasteiger partial charge in [0.05, 0.1) is 0 Å². The molecule has 0 saturated heterocycles. The van der Waals surface area contributed by atoms with Gasteiger partial charge in [-0.1, -0.05) is 21.1 Å². The second-order valence-electron chi connectivity index (χ2n) is 3.64. The molecule has 0 unspecified atom stereocenters. The number of aromatic nitrogens is 1. The molecule has 0 amide bonds. The van der Waals surface area contributed by atoms with Crippen LogP contribution in [0, 0.1) is 0 Å². The van der Waals surface area contributed by atoms with Crippen LogP contribution >= 0.6 is 15.9 Å². The summed E-state index contributed by atoms with van der Waals surface area (Å²) >= 11 is 3.33. The fourth-order valence-electron chi connectivity index (χ4n) is 1.34. The zero-order valence-electron chi connectivity index (χ0n) is 7.84. The molecule has 2 rings (SSSR count). The highest BCUT2D eigenvalue weighted by molar-refractivity contribution is 9.10. The van der Waals surface area contributed by atoms with Gasteiger partial charge < -0.3 is 4.52 Å². The van der Waals surface area contributed by atoms with Crippen molar-refractivity contribution in [3.63, 3.8) is 0 Å². The maximum atomic E-state index is 13.7. The van der Waals surface area contributed by atoms with E-state index in [1.807, 2.05) is 12.1 Å². The smallest absolute Gasteiger partial charge is 0.167 e. The van der Waals surface area contributed by atoms with Gasteiger partial charge in [0.25, 0.3) is 0 Å². The van der Waals surface area contributed by atoms with Crippen LogP contribution in [-0.4, -0.2) is 5.16 Å². The summed E-state index contributed by atoms with van der Waals surface area (Å²) < 4.78 is 19.6. The third kappa shape index (κ3) is 1.54. The quantitative estimate of drug-likeness (QED) is 0.777. The van der Waals surface area contributed by atoms with Crippen LogP contribution in [0.3, 0.4) is 0 Å². The van der Waals surface area contributed by atoms with Gasteiger partial charge in [0.2, 0.25) is 0 Å². The molecule has 0 fully saturated rings. The molecule has 0 atom stereocenters. The molecular formula is C10H9BrFNO. The first kappa shape index (κ1) is 9.65. The summed E-state index contributed by atoms with van der Waals surface area (Å²) in [4.78, 5) is 0. The summed E-state index contributed by atoms with van der Waals surface area (Å²) in [5, 5.41) is 4.45. The van der Waals surface area contributed by atoms with Gasteiger partial charge in [-0.3, -0.25) is 0 Å². The largest absolute Gasteiger partial charge is 0.356 e. The Kier molecular flexibility index (Phi) is 2.10. The van der Waals surface area contributed by atoms with E-state index in [2.05, 4.69) is 21.1 Å². The molecule has 1 aromatic carbocycles. The molecule has 74 valence electrons. The minimum absolute atomic E-state index is 0.341. The topological polar surface area (TPSA) is 26.0 Å². The van der Waals surface area contributed by atoms with Crippen LogP contribution in [0.15, 0.2) is 27.2 Å². The third-order valence-corrected chi connectivity index (χ3v) is 2.49. The zero-order chi connectivity index (χ0) is 10.3. The summed E-state index contributed by atoms with van der Waals surface area (Å²) in [5.41, 5.74) is -0.533. The van der Waals surface area contributed by atoms with Gasteiger partial charge in [0.15, 0.2) is 11.3 Å². The van der Waals surface area contributed by atoms with E-state index in [9.17, 15) is 4.39 Å². The Morgan fingerprint density at radius 1 is 1.43 bits per heavy atom. The SMILES string of the molecule is CC(C)(F)c1noc2ccc(Br)cc12. The normalized spacial score (nSPS) is 12.3. The molecule has 0 N–H and O–H groups in total. The molecule has 0 aliphatic rings. The van der Waals surface area contributed by atoms with Crippen molar-refractivity contribution in [1.82, 2.24) is 5.16 Å². The predicted octanol–water partition coefficient (Wildman–Crippen LogP) is 3.79. The summed E-state index contributed by atoms with van der Waals surface area (Å²) in [6.07, 6.45) is 0. The molecule has 1 aromatic heterocycles. The molecule has 14 heavy (non-hydrogen) atoms. The first-order valence-electron chi connectivity index (χ1n) is 4.23. The summed E-state index contributed by atoms with van der Waals surface area (Å²) in [7, 11) is 0. The average molecular weight is 258 g/mol. The zero-order valence-corrected chi connectivity index (χ0v) is 9.43. The van der Waals surface area contributed by atoms with Crippen molar-refractivity contribution in [2.75, 3.05) is 0 Å². The summed E-state index contributed by atoms with van der Waals surface area (Å²) in [6, 6.07) is 5.41. The van der Waals surface area contributed by atoms with E-state index in [-0.39, 0.29) is 0 Å². The average Bonchev–Trinajstić information content (AvgIpc) is 2.45. The van der Waals surface area contributed by atoms with Gasteiger partial charge >= 0.3 is 0 Å². The highest BCUT2D eigenvalue weighted by atomic mass is 79.9. The lowest BCUT2D eigenvalue weighted by molar-refractivity contribution is 0.207. The van der Waals surface area contributed by atoms with Gasteiger partial charge in [-0.2, -0.15) is 0 Å². The number of nitrogens with zero attached hydrogens (tertiary/aromatic N) is 1. The van der Waals surface area contributed by atoms with Gasteiger partial charge in [0.1, 0.15) is 5.69 Å². The van der Waals surface area contributed by atoms with Crippen LogP contribution in [-0.2, 0) is 5.67 Å². The van der Waals surface area contributed by atoms with Crippen molar-refractivity contribution in [2.45, 2.75) is 19.5 Å². The minimum atomic E-state index is -1.48. The van der Waals surface area contributed by atoms with Gasteiger partial charge in [-0.15, -0.1) is 0 Å². The van der Waals surface area contributed by atoms with E-state index in [4.69, 9.17) is 4.52 Å². The molecule has 4 heteroatoms. The van der Waals surface area contributed by atoms with E-state index in [1.54, 1.807) is 6.07 Å². The highest BCUT2D eigenvalue weighted by Crippen LogP contribution is 2.31. The van der Waals surface area contributed by atoms with Gasteiger partial charge in [-0.25, -0.2) is 4.39 Å². The highest BCUT2D eigenvalue weighted by Gasteiger charge is 2.26. The monoisotopic (exact) mass is 257 g/mol. The molecule has 0 saturated carbocycles. The van der Waals surface area contributed by atoms with Crippen LogP contribution in [0.2, 0.25) is 0 Å². The molecule has 0 radical (unpaired) electrons. The molecule has 2 aromatic rings. The Labute approximate surface area is 89.2 Å². The predicted molar refractivity (Wildman–Crippen MR) is 55.8 cm³/mol. The molecule has 2 nitrogen and oxygen atoms in total. The van der Waals surface area contributed by atoms with Crippen LogP contribution in [0.5, 0.6) is 0 Å². The molecule has 0 aliphatic carbocycles. The number of benzene rings is 1. The minimum Gasteiger partial charge on any atom is -0.356 e. The Hall–Kier alpha value is -0.900. The Bertz CT molecular complexity index is 472. The lowest BCUT2D eigenvalue weighted by Crippen LogP contribution is -2.09. The summed E-state index contributed by atoms with van der Waals surface area (Å²) in [5.74, 6) is 0. The van der Waals surface area contributed by atoms with Crippen LogP contribution in [0.4, 0.5) is 4.39 Å². The fourth-order valence-corrected chi connectivity index (χ4v) is 1.70. The van der Waals surface area contributed by atoms with Crippen molar-refractivity contribution < 1.29 is 8.91 Å². The van der Waals surface area contributed by atoms with E-state index < -0.39 is 5.67 Å². The van der Waals surface area contributed by atoms with Crippen molar-refractivity contribution in [3.05, 3.63) is 28.4 Å². The van der Waals surface area contributed by atoms with Crippen LogP contribution < -0.4 is 0 Å². The number of alkyl halides is 1. The van der Waals surface area contributed by atoms with Gasteiger partial charge in [0, 0.05) is 9.86 Å². The van der Waals surface area contributed by atoms with Crippen molar-refractivity contribution in [2.24, 2.45) is 0 Å². The number of hydrogen-bond acceptors (Lipinski definition) is 2. The third-order valence-electron chi connectivity index (χ3n) is 2.00. The van der Waals surface area contributed by atoms with Crippen LogP contribution in [0.1, 0.15) is 19.5 Å². The summed E-state index contributed by atoms with van der Waals surface area (Å²) in [6.45, 7) is 2.93. The number of halogens is 2. The second-order valence-corrected chi connectivity index (χ2v) is 4.56. The Balaban J connectivity index is 2.73. The molecule has 0 bridgehead atoms. The number of fused-ring (bicyclic) bond motifs is 1. The fraction of sp³-hybridized carbons (Fsp3) is 0.300. The van der Waals surface area contributed by atoms with Crippen molar-refractivity contribution in [3.8, 4) is 0 Å². The molecular weight excluding hydrogens is 249 g/mol. The first-order chi connectivity index (χ1) is 6.48. The number of rotatable bonds is 1. The van der Waals surface area contributed by atoms with Crippen molar-refractivity contribution >= 4 is 26.9 Å². The lowest BCUT2D eigenvalue weighted by Gasteiger charge is -2.09. The van der Waals surface area contributed by atoms with Crippen LogP contribution in [0.25, 0.3) is 11.0 Å². The first-order valence-corrected chi connectivity index (χ1v) is 5.02. The maximum absolute atomic E-state index is 13.7. The van der Waals surface area contributed by atoms with E-state index >= 15 is 0 Å². The van der Waals surface area contributed by atoms with E-state index in [1.165, 1.54) is 13.8 Å². The molecule has 1 heterocycles. The second kappa shape index (κ2) is 3.05. The maximum Gasteiger partial charge on any atom is 0.167 e. The molecule has 0 aliphatic heterocycles. The Morgan fingerprint density at radius 2 is 2.14 bits per heavy atom. The standard InChI is InChI=1S/C10H9BrFNO/c1-10(2,12)9-7-5-6(11)3-4-8(7)14-13-9/h3-5H,1-2H3. The Morgan fingerprint density at radius 3 is 2.79 bits per heavy atom.